The van der Waals surface area contributed by atoms with Crippen LogP contribution in [0.1, 0.15) is 62.6 Å². The number of aromatic amines is 1. The Bertz CT molecular complexity index is 951. The number of H-pyrrole nitrogens is 1. The third-order valence-corrected chi connectivity index (χ3v) is 4.80. The van der Waals surface area contributed by atoms with Crippen molar-refractivity contribution in [3.8, 4) is 11.4 Å². The number of aromatic nitrogens is 4. The smallest absolute Gasteiger partial charge is 0.277 e. The summed E-state index contributed by atoms with van der Waals surface area (Å²) >= 11 is 3.44. The van der Waals surface area contributed by atoms with Crippen LogP contribution >= 0.6 is 15.9 Å². The lowest BCUT2D eigenvalue weighted by molar-refractivity contribution is 0.102. The number of halogens is 1. The highest BCUT2D eigenvalue weighted by Crippen LogP contribution is 2.27. The maximum Gasteiger partial charge on any atom is 0.277 e. The van der Waals surface area contributed by atoms with E-state index >= 15 is 0 Å². The molecule has 7 nitrogen and oxygen atoms in total. The van der Waals surface area contributed by atoms with E-state index in [1.165, 1.54) is 0 Å². The Hall–Kier alpha value is -2.48. The summed E-state index contributed by atoms with van der Waals surface area (Å²) in [5, 5.41) is 13.9. The molecule has 0 aliphatic heterocycles. The van der Waals surface area contributed by atoms with Crippen LogP contribution in [0.25, 0.3) is 11.4 Å². The lowest BCUT2D eigenvalue weighted by Crippen LogP contribution is -2.13. The second-order valence-corrected chi connectivity index (χ2v) is 8.45. The maximum atomic E-state index is 12.5. The standard InChI is InChI=1S/C19H22BrN5O2/c1-10(2)14-13(20)15(24-23-14)17(26)21-12-8-6-11(7-9-12)16-22-18(27-25-16)19(3,4)5/h6-10H,1-5H3,(H,21,26)(H,23,24). The summed E-state index contributed by atoms with van der Waals surface area (Å²) < 4.78 is 6.01. The Morgan fingerprint density at radius 1 is 1.22 bits per heavy atom. The monoisotopic (exact) mass is 431 g/mol. The van der Waals surface area contributed by atoms with Crippen molar-refractivity contribution in [3.05, 3.63) is 46.0 Å². The molecule has 8 heteroatoms. The van der Waals surface area contributed by atoms with Gasteiger partial charge in [0.25, 0.3) is 5.91 Å². The molecule has 0 spiro atoms. The first kappa shape index (κ1) is 19.3. The van der Waals surface area contributed by atoms with Gasteiger partial charge in [0, 0.05) is 16.7 Å². The Labute approximate surface area is 166 Å². The number of anilines is 1. The first-order chi connectivity index (χ1) is 12.7. The SMILES string of the molecule is CC(C)c1[nH]nc(C(=O)Nc2ccc(-c3noc(C(C)(C)C)n3)cc2)c1Br. The quantitative estimate of drug-likeness (QED) is 0.612. The van der Waals surface area contributed by atoms with Gasteiger partial charge in [-0.3, -0.25) is 9.89 Å². The van der Waals surface area contributed by atoms with Crippen molar-refractivity contribution in [2.45, 2.75) is 46.0 Å². The number of hydrogen-bond donors (Lipinski definition) is 2. The summed E-state index contributed by atoms with van der Waals surface area (Å²) in [4.78, 5) is 16.9. The van der Waals surface area contributed by atoms with Gasteiger partial charge in [-0.1, -0.05) is 39.8 Å². The van der Waals surface area contributed by atoms with Crippen molar-refractivity contribution in [3.63, 3.8) is 0 Å². The summed E-state index contributed by atoms with van der Waals surface area (Å²) in [6.45, 7) is 10.1. The van der Waals surface area contributed by atoms with E-state index in [1.807, 2.05) is 46.8 Å². The normalized spacial score (nSPS) is 11.8. The number of carbonyl (C=O) groups is 1. The minimum absolute atomic E-state index is 0.203. The highest BCUT2D eigenvalue weighted by atomic mass is 79.9. The zero-order chi connectivity index (χ0) is 19.8. The first-order valence-electron chi connectivity index (χ1n) is 8.66. The first-order valence-corrected chi connectivity index (χ1v) is 9.46. The zero-order valence-electron chi connectivity index (χ0n) is 15.9. The van der Waals surface area contributed by atoms with Crippen molar-refractivity contribution in [1.29, 1.82) is 0 Å². The van der Waals surface area contributed by atoms with E-state index in [0.717, 1.165) is 11.3 Å². The molecule has 0 saturated heterocycles. The van der Waals surface area contributed by atoms with Crippen LogP contribution in [0.15, 0.2) is 33.3 Å². The molecular formula is C19H22BrN5O2. The highest BCUT2D eigenvalue weighted by molar-refractivity contribution is 9.10. The van der Waals surface area contributed by atoms with Gasteiger partial charge in [-0.2, -0.15) is 10.1 Å². The molecule has 3 rings (SSSR count). The van der Waals surface area contributed by atoms with Crippen LogP contribution in [-0.2, 0) is 5.41 Å². The lowest BCUT2D eigenvalue weighted by Gasteiger charge is -2.10. The molecule has 3 aromatic rings. The number of amides is 1. The van der Waals surface area contributed by atoms with Gasteiger partial charge in [0.1, 0.15) is 0 Å². The third-order valence-electron chi connectivity index (χ3n) is 3.99. The van der Waals surface area contributed by atoms with E-state index in [0.29, 0.717) is 27.6 Å². The zero-order valence-corrected chi connectivity index (χ0v) is 17.5. The van der Waals surface area contributed by atoms with Gasteiger partial charge in [0.15, 0.2) is 5.69 Å². The van der Waals surface area contributed by atoms with E-state index in [-0.39, 0.29) is 17.2 Å². The number of hydrogen-bond acceptors (Lipinski definition) is 5. The number of carbonyl (C=O) groups excluding carboxylic acids is 1. The van der Waals surface area contributed by atoms with Gasteiger partial charge in [-0.15, -0.1) is 0 Å². The largest absolute Gasteiger partial charge is 0.338 e. The number of benzene rings is 1. The summed E-state index contributed by atoms with van der Waals surface area (Å²) in [7, 11) is 0. The fraction of sp³-hybridized carbons (Fsp3) is 0.368. The van der Waals surface area contributed by atoms with Gasteiger partial charge >= 0.3 is 0 Å². The van der Waals surface area contributed by atoms with Gasteiger partial charge in [0.2, 0.25) is 11.7 Å². The van der Waals surface area contributed by atoms with E-state index in [2.05, 4.69) is 41.6 Å². The molecule has 0 radical (unpaired) electrons. The molecule has 0 saturated carbocycles. The van der Waals surface area contributed by atoms with Crippen molar-refractivity contribution < 1.29 is 9.32 Å². The number of nitrogens with one attached hydrogen (secondary N) is 2. The molecule has 0 bridgehead atoms. The highest BCUT2D eigenvalue weighted by Gasteiger charge is 2.22. The Kier molecular flexibility index (Phi) is 5.19. The molecule has 0 unspecified atom stereocenters. The Morgan fingerprint density at radius 2 is 1.89 bits per heavy atom. The molecule has 2 N–H and O–H groups in total. The molecule has 0 aliphatic rings. The van der Waals surface area contributed by atoms with Crippen LogP contribution in [0.5, 0.6) is 0 Å². The third kappa shape index (κ3) is 4.10. The number of nitrogens with zero attached hydrogens (tertiary/aromatic N) is 3. The second-order valence-electron chi connectivity index (χ2n) is 7.66. The molecule has 2 heterocycles. The number of rotatable bonds is 4. The van der Waals surface area contributed by atoms with E-state index in [1.54, 1.807) is 12.1 Å². The van der Waals surface area contributed by atoms with E-state index in [9.17, 15) is 4.79 Å². The van der Waals surface area contributed by atoms with E-state index in [4.69, 9.17) is 4.52 Å². The predicted octanol–water partition coefficient (Wildman–Crippen LogP) is 4.90. The second kappa shape index (κ2) is 7.26. The van der Waals surface area contributed by atoms with Crippen LogP contribution in [0, 0.1) is 0 Å². The maximum absolute atomic E-state index is 12.5. The van der Waals surface area contributed by atoms with Crippen LogP contribution in [0.2, 0.25) is 0 Å². The van der Waals surface area contributed by atoms with Gasteiger partial charge in [-0.25, -0.2) is 0 Å². The molecule has 0 atom stereocenters. The summed E-state index contributed by atoms with van der Waals surface area (Å²) in [5.74, 6) is 1.06. The molecule has 27 heavy (non-hydrogen) atoms. The van der Waals surface area contributed by atoms with E-state index < -0.39 is 0 Å². The van der Waals surface area contributed by atoms with Crippen LogP contribution in [-0.4, -0.2) is 26.2 Å². The van der Waals surface area contributed by atoms with Crippen molar-refractivity contribution in [2.24, 2.45) is 0 Å². The average Bonchev–Trinajstić information content (AvgIpc) is 3.22. The molecule has 2 aromatic heterocycles. The fourth-order valence-electron chi connectivity index (χ4n) is 2.41. The topological polar surface area (TPSA) is 96.7 Å². The molecular weight excluding hydrogens is 410 g/mol. The van der Waals surface area contributed by atoms with Gasteiger partial charge in [-0.05, 0) is 46.1 Å². The summed E-state index contributed by atoms with van der Waals surface area (Å²) in [5.41, 5.74) is 2.49. The molecule has 0 aliphatic carbocycles. The molecule has 1 amide bonds. The average molecular weight is 432 g/mol. The van der Waals surface area contributed by atoms with Crippen LogP contribution in [0.4, 0.5) is 5.69 Å². The van der Waals surface area contributed by atoms with Gasteiger partial charge in [0.05, 0.1) is 10.2 Å². The van der Waals surface area contributed by atoms with Crippen molar-refractivity contribution in [1.82, 2.24) is 20.3 Å². The van der Waals surface area contributed by atoms with Crippen molar-refractivity contribution in [2.75, 3.05) is 5.32 Å². The van der Waals surface area contributed by atoms with Crippen LogP contribution in [0.3, 0.4) is 0 Å². The fourth-order valence-corrected chi connectivity index (χ4v) is 3.23. The Balaban J connectivity index is 1.74. The summed E-state index contributed by atoms with van der Waals surface area (Å²) in [6, 6.07) is 7.27. The molecule has 1 aromatic carbocycles. The minimum Gasteiger partial charge on any atom is -0.338 e. The molecule has 0 fully saturated rings. The minimum atomic E-state index is -0.285. The van der Waals surface area contributed by atoms with Crippen LogP contribution < -0.4 is 5.32 Å². The van der Waals surface area contributed by atoms with Gasteiger partial charge < -0.3 is 9.84 Å². The molecule has 142 valence electrons. The van der Waals surface area contributed by atoms with Crippen molar-refractivity contribution >= 4 is 27.5 Å². The Morgan fingerprint density at radius 3 is 2.41 bits per heavy atom. The lowest BCUT2D eigenvalue weighted by atomic mass is 9.97. The predicted molar refractivity (Wildman–Crippen MR) is 107 cm³/mol. The summed E-state index contributed by atoms with van der Waals surface area (Å²) in [6.07, 6.45) is 0.